The minimum atomic E-state index is -2.08. The van der Waals surface area contributed by atoms with Gasteiger partial charge in [-0.2, -0.15) is 0 Å². The van der Waals surface area contributed by atoms with Crippen molar-refractivity contribution in [2.24, 2.45) is 0 Å². The number of anilines is 1. The van der Waals surface area contributed by atoms with Crippen molar-refractivity contribution in [1.82, 2.24) is 5.20 Å². The topological polar surface area (TPSA) is 24.1 Å². The normalized spacial score (nSPS) is 11.1. The SMILES string of the molecule is c1ccc(NN[P+](c2ccccc2)(c2ccccc2)c2ccccc2)cc1. The molecule has 2 nitrogen and oxygen atoms in total. The Labute approximate surface area is 161 Å². The molecular formula is C24H22N2P+. The van der Waals surface area contributed by atoms with Crippen LogP contribution in [0, 0.1) is 0 Å². The first-order valence-electron chi connectivity index (χ1n) is 9.04. The van der Waals surface area contributed by atoms with E-state index in [-0.39, 0.29) is 0 Å². The van der Waals surface area contributed by atoms with Crippen molar-refractivity contribution in [1.29, 1.82) is 0 Å². The van der Waals surface area contributed by atoms with E-state index in [1.54, 1.807) is 0 Å². The maximum atomic E-state index is 3.76. The first-order valence-corrected chi connectivity index (χ1v) is 10.8. The van der Waals surface area contributed by atoms with Crippen LogP contribution in [0.25, 0.3) is 0 Å². The number of benzene rings is 4. The van der Waals surface area contributed by atoms with Crippen molar-refractivity contribution in [3.8, 4) is 0 Å². The standard InChI is InChI=1S/C24H22N2P/c1-5-13-21(14-6-1)25-26-27(22-15-7-2-8-16-22,23-17-9-3-10-18-23)24-19-11-4-12-20-24/h1-20,25-26H/q+1. The van der Waals surface area contributed by atoms with Crippen LogP contribution in [0.3, 0.4) is 0 Å². The quantitative estimate of drug-likeness (QED) is 0.386. The second-order valence-electron chi connectivity index (χ2n) is 6.28. The van der Waals surface area contributed by atoms with Gasteiger partial charge in [-0.3, -0.25) is 5.43 Å². The molecule has 0 aromatic heterocycles. The van der Waals surface area contributed by atoms with Crippen LogP contribution in [0.5, 0.6) is 0 Å². The van der Waals surface area contributed by atoms with E-state index in [1.165, 1.54) is 15.9 Å². The summed E-state index contributed by atoms with van der Waals surface area (Å²) in [4.78, 5) is 0. The molecule has 0 aliphatic heterocycles. The summed E-state index contributed by atoms with van der Waals surface area (Å²) in [5.41, 5.74) is 4.53. The predicted molar refractivity (Wildman–Crippen MR) is 118 cm³/mol. The summed E-state index contributed by atoms with van der Waals surface area (Å²) in [6.07, 6.45) is 0. The highest BCUT2D eigenvalue weighted by atomic mass is 31.2. The maximum Gasteiger partial charge on any atom is 0.199 e. The monoisotopic (exact) mass is 369 g/mol. The van der Waals surface area contributed by atoms with E-state index >= 15 is 0 Å². The third-order valence-corrected chi connectivity index (χ3v) is 8.24. The average Bonchev–Trinajstić information content (AvgIpc) is 2.77. The van der Waals surface area contributed by atoms with Gasteiger partial charge >= 0.3 is 0 Å². The third kappa shape index (κ3) is 3.64. The van der Waals surface area contributed by atoms with Crippen molar-refractivity contribution in [3.63, 3.8) is 0 Å². The summed E-state index contributed by atoms with van der Waals surface area (Å²) in [5.74, 6) is 0. The zero-order chi connectivity index (χ0) is 18.4. The van der Waals surface area contributed by atoms with Gasteiger partial charge in [0.25, 0.3) is 0 Å². The van der Waals surface area contributed by atoms with E-state index in [9.17, 15) is 0 Å². The first-order chi connectivity index (χ1) is 13.4. The van der Waals surface area contributed by atoms with E-state index in [0.29, 0.717) is 0 Å². The molecule has 0 aliphatic rings. The fourth-order valence-corrected chi connectivity index (χ4v) is 6.70. The van der Waals surface area contributed by atoms with Gasteiger partial charge in [-0.15, -0.1) is 0 Å². The zero-order valence-corrected chi connectivity index (χ0v) is 15.9. The Morgan fingerprint density at radius 3 is 1.11 bits per heavy atom. The Hall–Kier alpha value is -2.93. The largest absolute Gasteiger partial charge is 0.290 e. The summed E-state index contributed by atoms with van der Waals surface area (Å²) < 4.78 is 0. The van der Waals surface area contributed by atoms with Gasteiger partial charge in [0.2, 0.25) is 0 Å². The van der Waals surface area contributed by atoms with Crippen molar-refractivity contribution >= 4 is 29.0 Å². The van der Waals surface area contributed by atoms with E-state index in [1.807, 2.05) is 18.2 Å². The van der Waals surface area contributed by atoms with Crippen LogP contribution in [0.2, 0.25) is 0 Å². The first kappa shape index (κ1) is 17.5. The van der Waals surface area contributed by atoms with Crippen molar-refractivity contribution in [2.75, 3.05) is 5.43 Å². The van der Waals surface area contributed by atoms with Crippen molar-refractivity contribution in [3.05, 3.63) is 121 Å². The number of hydrogen-bond donors (Lipinski definition) is 2. The van der Waals surface area contributed by atoms with Crippen LogP contribution in [0.1, 0.15) is 0 Å². The fraction of sp³-hybridized carbons (Fsp3) is 0. The summed E-state index contributed by atoms with van der Waals surface area (Å²) >= 11 is 0. The average molecular weight is 369 g/mol. The number of para-hydroxylation sites is 1. The molecule has 4 aromatic rings. The van der Waals surface area contributed by atoms with E-state index in [2.05, 4.69) is 114 Å². The van der Waals surface area contributed by atoms with Crippen molar-refractivity contribution < 1.29 is 0 Å². The van der Waals surface area contributed by atoms with Gasteiger partial charge in [0.1, 0.15) is 15.9 Å². The molecule has 0 spiro atoms. The predicted octanol–water partition coefficient (Wildman–Crippen LogP) is 4.51. The Morgan fingerprint density at radius 1 is 0.407 bits per heavy atom. The molecule has 27 heavy (non-hydrogen) atoms. The van der Waals surface area contributed by atoms with Crippen LogP contribution >= 0.6 is 7.41 Å². The van der Waals surface area contributed by atoms with E-state index < -0.39 is 7.41 Å². The smallest absolute Gasteiger partial charge is 0.199 e. The Bertz CT molecular complexity index is 861. The zero-order valence-electron chi connectivity index (χ0n) is 15.0. The third-order valence-electron chi connectivity index (χ3n) is 4.57. The molecule has 0 radical (unpaired) electrons. The maximum absolute atomic E-state index is 3.76. The van der Waals surface area contributed by atoms with Crippen LogP contribution in [0.4, 0.5) is 5.69 Å². The molecule has 0 unspecified atom stereocenters. The molecule has 0 heterocycles. The van der Waals surface area contributed by atoms with Gasteiger partial charge in [0.15, 0.2) is 7.41 Å². The lowest BCUT2D eigenvalue weighted by Gasteiger charge is -2.28. The minimum absolute atomic E-state index is 1.05. The second-order valence-corrected chi connectivity index (χ2v) is 9.39. The lowest BCUT2D eigenvalue weighted by molar-refractivity contribution is 1.19. The van der Waals surface area contributed by atoms with Crippen LogP contribution in [-0.2, 0) is 0 Å². The van der Waals surface area contributed by atoms with Crippen LogP contribution < -0.4 is 26.5 Å². The highest BCUT2D eigenvalue weighted by Crippen LogP contribution is 2.50. The van der Waals surface area contributed by atoms with Gasteiger partial charge in [0, 0.05) is 0 Å². The summed E-state index contributed by atoms with van der Waals surface area (Å²) in [6, 6.07) is 42.4. The number of rotatable bonds is 6. The molecule has 0 aliphatic carbocycles. The van der Waals surface area contributed by atoms with Gasteiger partial charge in [-0.05, 0) is 48.5 Å². The molecular weight excluding hydrogens is 347 g/mol. The summed E-state index contributed by atoms with van der Waals surface area (Å²) in [5, 5.41) is 7.61. The summed E-state index contributed by atoms with van der Waals surface area (Å²) in [6.45, 7) is 0. The molecule has 0 atom stereocenters. The van der Waals surface area contributed by atoms with Crippen molar-refractivity contribution in [2.45, 2.75) is 0 Å². The molecule has 4 aromatic carbocycles. The number of nitrogens with one attached hydrogen (secondary N) is 2. The number of hydrazine groups is 1. The second kappa shape index (κ2) is 8.18. The van der Waals surface area contributed by atoms with E-state index in [4.69, 9.17) is 0 Å². The van der Waals surface area contributed by atoms with Gasteiger partial charge in [-0.1, -0.05) is 78.0 Å². The molecule has 132 valence electrons. The highest BCUT2D eigenvalue weighted by Gasteiger charge is 2.46. The molecule has 0 fully saturated rings. The molecule has 3 heteroatoms. The number of hydrogen-bond acceptors (Lipinski definition) is 2. The minimum Gasteiger partial charge on any atom is -0.290 e. The van der Waals surface area contributed by atoms with Gasteiger partial charge in [0.05, 0.1) is 5.69 Å². The molecule has 4 rings (SSSR count). The summed E-state index contributed by atoms with van der Waals surface area (Å²) in [7, 11) is -2.08. The lowest BCUT2D eigenvalue weighted by Crippen LogP contribution is -2.42. The van der Waals surface area contributed by atoms with Crippen LogP contribution in [0.15, 0.2) is 121 Å². The molecule has 0 saturated heterocycles. The Balaban J connectivity index is 1.89. The molecule has 0 bridgehead atoms. The fourth-order valence-electron chi connectivity index (χ4n) is 3.27. The van der Waals surface area contributed by atoms with E-state index in [0.717, 1.165) is 5.69 Å². The molecule has 0 saturated carbocycles. The molecule has 2 N–H and O–H groups in total. The van der Waals surface area contributed by atoms with Gasteiger partial charge < -0.3 is 0 Å². The Morgan fingerprint density at radius 2 is 0.741 bits per heavy atom. The van der Waals surface area contributed by atoms with Crippen LogP contribution in [-0.4, -0.2) is 0 Å². The highest BCUT2D eigenvalue weighted by molar-refractivity contribution is 7.94. The lowest BCUT2D eigenvalue weighted by atomic mass is 10.3. The Kier molecular flexibility index (Phi) is 5.29. The molecule has 0 amide bonds. The van der Waals surface area contributed by atoms with Gasteiger partial charge in [-0.25, -0.2) is 0 Å².